The molecule has 20 heavy (non-hydrogen) atoms. The molecule has 1 fully saturated rings. The first-order valence-corrected chi connectivity index (χ1v) is 7.36. The number of carbonyl (C=O) groups is 1. The second-order valence-corrected chi connectivity index (χ2v) is 5.78. The standard InChI is InChI=1S/C16H25N3O/c1-14(2)19(13-15-7-5-4-6-8-15)16(20)18-11-9-17(3)10-12-18/h4-8,14H,9-13H2,1-3H3. The van der Waals surface area contributed by atoms with Gasteiger partial charge in [0.2, 0.25) is 0 Å². The van der Waals surface area contributed by atoms with Crippen molar-refractivity contribution in [2.45, 2.75) is 26.4 Å². The van der Waals surface area contributed by atoms with Crippen molar-refractivity contribution >= 4 is 6.03 Å². The van der Waals surface area contributed by atoms with Gasteiger partial charge in [0.25, 0.3) is 0 Å². The van der Waals surface area contributed by atoms with Gasteiger partial charge in [-0.1, -0.05) is 30.3 Å². The number of nitrogens with zero attached hydrogens (tertiary/aromatic N) is 3. The van der Waals surface area contributed by atoms with E-state index in [1.165, 1.54) is 5.56 Å². The number of urea groups is 1. The number of piperazine rings is 1. The minimum atomic E-state index is 0.164. The maximum atomic E-state index is 12.7. The number of hydrogen-bond donors (Lipinski definition) is 0. The quantitative estimate of drug-likeness (QED) is 0.846. The highest BCUT2D eigenvalue weighted by Gasteiger charge is 2.25. The normalized spacial score (nSPS) is 16.5. The fourth-order valence-electron chi connectivity index (χ4n) is 2.43. The van der Waals surface area contributed by atoms with E-state index < -0.39 is 0 Å². The Morgan fingerprint density at radius 1 is 1.15 bits per heavy atom. The molecule has 0 aliphatic carbocycles. The molecule has 4 heteroatoms. The molecule has 0 saturated carbocycles. The largest absolute Gasteiger partial charge is 0.322 e. The Bertz CT molecular complexity index is 425. The number of benzene rings is 1. The minimum Gasteiger partial charge on any atom is -0.322 e. The first kappa shape index (κ1) is 14.9. The lowest BCUT2D eigenvalue weighted by Crippen LogP contribution is -2.53. The zero-order chi connectivity index (χ0) is 14.5. The van der Waals surface area contributed by atoms with Crippen LogP contribution in [0.5, 0.6) is 0 Å². The summed E-state index contributed by atoms with van der Waals surface area (Å²) in [6.07, 6.45) is 0. The first-order valence-electron chi connectivity index (χ1n) is 7.36. The van der Waals surface area contributed by atoms with Crippen LogP contribution in [0.2, 0.25) is 0 Å². The zero-order valence-corrected chi connectivity index (χ0v) is 12.7. The zero-order valence-electron chi connectivity index (χ0n) is 12.7. The van der Waals surface area contributed by atoms with E-state index in [0.29, 0.717) is 6.54 Å². The van der Waals surface area contributed by atoms with Crippen LogP contribution >= 0.6 is 0 Å². The van der Waals surface area contributed by atoms with Crippen molar-refractivity contribution in [1.29, 1.82) is 0 Å². The second kappa shape index (κ2) is 6.75. The van der Waals surface area contributed by atoms with Crippen LogP contribution in [0, 0.1) is 0 Å². The average molecular weight is 275 g/mol. The Labute approximate surface area is 122 Å². The van der Waals surface area contributed by atoms with Gasteiger partial charge in [-0.25, -0.2) is 4.79 Å². The fraction of sp³-hybridized carbons (Fsp3) is 0.562. The van der Waals surface area contributed by atoms with Crippen LogP contribution in [0.1, 0.15) is 19.4 Å². The molecule has 4 nitrogen and oxygen atoms in total. The molecule has 0 radical (unpaired) electrons. The summed E-state index contributed by atoms with van der Waals surface area (Å²) in [6, 6.07) is 10.6. The third-order valence-corrected chi connectivity index (χ3v) is 3.84. The van der Waals surface area contributed by atoms with Crippen LogP contribution < -0.4 is 0 Å². The topological polar surface area (TPSA) is 26.8 Å². The molecule has 0 unspecified atom stereocenters. The van der Waals surface area contributed by atoms with Gasteiger partial charge in [-0.3, -0.25) is 0 Å². The summed E-state index contributed by atoms with van der Waals surface area (Å²) < 4.78 is 0. The Hall–Kier alpha value is -1.55. The van der Waals surface area contributed by atoms with Gasteiger partial charge in [0.05, 0.1) is 0 Å². The average Bonchev–Trinajstić information content (AvgIpc) is 2.45. The number of hydrogen-bond acceptors (Lipinski definition) is 2. The second-order valence-electron chi connectivity index (χ2n) is 5.78. The van der Waals surface area contributed by atoms with Crippen LogP contribution in [0.3, 0.4) is 0 Å². The Balaban J connectivity index is 2.03. The van der Waals surface area contributed by atoms with Crippen molar-refractivity contribution in [3.63, 3.8) is 0 Å². The maximum absolute atomic E-state index is 12.7. The van der Waals surface area contributed by atoms with Gasteiger partial charge in [0, 0.05) is 38.8 Å². The molecule has 0 aromatic heterocycles. The highest BCUT2D eigenvalue weighted by molar-refractivity contribution is 5.75. The predicted molar refractivity (Wildman–Crippen MR) is 81.6 cm³/mol. The van der Waals surface area contributed by atoms with E-state index in [1.54, 1.807) is 0 Å². The Morgan fingerprint density at radius 2 is 1.75 bits per heavy atom. The summed E-state index contributed by atoms with van der Waals surface area (Å²) in [5.74, 6) is 0. The summed E-state index contributed by atoms with van der Waals surface area (Å²) in [5.41, 5.74) is 1.18. The van der Waals surface area contributed by atoms with Crippen molar-refractivity contribution in [3.05, 3.63) is 35.9 Å². The van der Waals surface area contributed by atoms with E-state index in [1.807, 2.05) is 28.0 Å². The van der Waals surface area contributed by atoms with Crippen LogP contribution in [-0.2, 0) is 6.54 Å². The molecule has 1 aliphatic heterocycles. The third kappa shape index (κ3) is 3.73. The van der Waals surface area contributed by atoms with Crippen molar-refractivity contribution in [2.75, 3.05) is 33.2 Å². The smallest absolute Gasteiger partial charge is 0.320 e. The first-order chi connectivity index (χ1) is 9.58. The molecular formula is C16H25N3O. The lowest BCUT2D eigenvalue weighted by Gasteiger charge is -2.37. The summed E-state index contributed by atoms with van der Waals surface area (Å²) in [6.45, 7) is 8.42. The van der Waals surface area contributed by atoms with Crippen molar-refractivity contribution in [2.24, 2.45) is 0 Å². The van der Waals surface area contributed by atoms with Crippen molar-refractivity contribution in [3.8, 4) is 0 Å². The lowest BCUT2D eigenvalue weighted by molar-refractivity contribution is 0.110. The van der Waals surface area contributed by atoms with Gasteiger partial charge in [0.15, 0.2) is 0 Å². The van der Waals surface area contributed by atoms with Crippen molar-refractivity contribution in [1.82, 2.24) is 14.7 Å². The summed E-state index contributed by atoms with van der Waals surface area (Å²) in [5, 5.41) is 0. The van der Waals surface area contributed by atoms with Crippen LogP contribution in [0.25, 0.3) is 0 Å². The minimum absolute atomic E-state index is 0.164. The van der Waals surface area contributed by atoms with Crippen LogP contribution in [-0.4, -0.2) is 60.0 Å². The monoisotopic (exact) mass is 275 g/mol. The number of rotatable bonds is 3. The van der Waals surface area contributed by atoms with Crippen LogP contribution in [0.4, 0.5) is 4.79 Å². The van der Waals surface area contributed by atoms with Gasteiger partial charge in [-0.05, 0) is 26.5 Å². The van der Waals surface area contributed by atoms with E-state index in [9.17, 15) is 4.79 Å². The highest BCUT2D eigenvalue weighted by Crippen LogP contribution is 2.12. The lowest BCUT2D eigenvalue weighted by atomic mass is 10.2. The van der Waals surface area contributed by atoms with E-state index in [-0.39, 0.29) is 12.1 Å². The Morgan fingerprint density at radius 3 is 2.30 bits per heavy atom. The van der Waals surface area contributed by atoms with Gasteiger partial charge < -0.3 is 14.7 Å². The molecule has 1 aromatic rings. The maximum Gasteiger partial charge on any atom is 0.320 e. The van der Waals surface area contributed by atoms with E-state index in [4.69, 9.17) is 0 Å². The molecule has 0 bridgehead atoms. The molecule has 1 saturated heterocycles. The molecule has 110 valence electrons. The van der Waals surface area contributed by atoms with Gasteiger partial charge >= 0.3 is 6.03 Å². The van der Waals surface area contributed by atoms with Gasteiger partial charge in [0.1, 0.15) is 0 Å². The summed E-state index contributed by atoms with van der Waals surface area (Å²) >= 11 is 0. The predicted octanol–water partition coefficient (Wildman–Crippen LogP) is 2.26. The summed E-state index contributed by atoms with van der Waals surface area (Å²) in [4.78, 5) is 18.9. The fourth-order valence-corrected chi connectivity index (χ4v) is 2.43. The van der Waals surface area contributed by atoms with E-state index in [0.717, 1.165) is 26.2 Å². The SMILES string of the molecule is CC(C)N(Cc1ccccc1)C(=O)N1CCN(C)CC1. The molecule has 2 amide bonds. The Kier molecular flexibility index (Phi) is 5.01. The molecule has 2 rings (SSSR count). The number of carbonyl (C=O) groups excluding carboxylic acids is 1. The molecule has 1 aromatic carbocycles. The number of likely N-dealkylation sites (N-methyl/N-ethyl adjacent to an activating group) is 1. The highest BCUT2D eigenvalue weighted by atomic mass is 16.2. The summed E-state index contributed by atoms with van der Waals surface area (Å²) in [7, 11) is 2.10. The third-order valence-electron chi connectivity index (χ3n) is 3.84. The van der Waals surface area contributed by atoms with Gasteiger partial charge in [-0.15, -0.1) is 0 Å². The number of amides is 2. The molecule has 0 N–H and O–H groups in total. The van der Waals surface area contributed by atoms with Crippen molar-refractivity contribution < 1.29 is 4.79 Å². The van der Waals surface area contributed by atoms with E-state index in [2.05, 4.69) is 37.9 Å². The molecule has 0 spiro atoms. The molecular weight excluding hydrogens is 250 g/mol. The van der Waals surface area contributed by atoms with Gasteiger partial charge in [-0.2, -0.15) is 0 Å². The van der Waals surface area contributed by atoms with Crippen LogP contribution in [0.15, 0.2) is 30.3 Å². The molecule has 0 atom stereocenters. The van der Waals surface area contributed by atoms with E-state index >= 15 is 0 Å². The molecule has 1 heterocycles. The molecule has 1 aliphatic rings.